The van der Waals surface area contributed by atoms with Gasteiger partial charge >= 0.3 is 12.1 Å². The first-order valence-electron chi connectivity index (χ1n) is 11.5. The van der Waals surface area contributed by atoms with Crippen LogP contribution in [0.2, 0.25) is 0 Å². The molecular formula is C25H28N4O4. The van der Waals surface area contributed by atoms with E-state index in [0.29, 0.717) is 35.5 Å². The summed E-state index contributed by atoms with van der Waals surface area (Å²) in [7, 11) is 1.30. The van der Waals surface area contributed by atoms with Gasteiger partial charge in [-0.05, 0) is 36.5 Å². The molecule has 1 unspecified atom stereocenters. The smallest absolute Gasteiger partial charge is 0.434 e. The van der Waals surface area contributed by atoms with Gasteiger partial charge in [-0.2, -0.15) is 9.78 Å². The summed E-state index contributed by atoms with van der Waals surface area (Å²) in [6, 6.07) is 11.2. The topological polar surface area (TPSA) is 94.5 Å². The van der Waals surface area contributed by atoms with Crippen LogP contribution in [0.15, 0.2) is 42.6 Å². The van der Waals surface area contributed by atoms with Crippen molar-refractivity contribution in [3.8, 4) is 5.75 Å². The summed E-state index contributed by atoms with van der Waals surface area (Å²) in [6.45, 7) is 0.573. The number of anilines is 1. The number of amides is 2. The minimum absolute atomic E-state index is 0.130. The fourth-order valence-electron chi connectivity index (χ4n) is 5.04. The van der Waals surface area contributed by atoms with Crippen molar-refractivity contribution >= 4 is 28.7 Å². The molecule has 5 rings (SSSR count). The van der Waals surface area contributed by atoms with E-state index in [1.807, 2.05) is 6.07 Å². The van der Waals surface area contributed by atoms with E-state index in [9.17, 15) is 9.59 Å². The number of carbonyl (C=O) groups excluding carboxylic acids is 2. The Morgan fingerprint density at radius 1 is 1.06 bits per heavy atom. The van der Waals surface area contributed by atoms with E-state index in [-0.39, 0.29) is 12.1 Å². The summed E-state index contributed by atoms with van der Waals surface area (Å²) in [5, 5.41) is 10.8. The van der Waals surface area contributed by atoms with Gasteiger partial charge < -0.3 is 20.1 Å². The van der Waals surface area contributed by atoms with Crippen molar-refractivity contribution in [3.05, 3.63) is 53.7 Å². The van der Waals surface area contributed by atoms with Crippen molar-refractivity contribution < 1.29 is 19.1 Å². The van der Waals surface area contributed by atoms with Gasteiger partial charge in [-0.3, -0.25) is 0 Å². The van der Waals surface area contributed by atoms with Crippen molar-refractivity contribution in [2.45, 2.75) is 50.5 Å². The number of para-hydroxylation sites is 1. The summed E-state index contributed by atoms with van der Waals surface area (Å²) in [5.74, 6) is 1.48. The lowest BCUT2D eigenvalue weighted by molar-refractivity contribution is 0.170. The molecular weight excluding hydrogens is 420 g/mol. The molecule has 8 nitrogen and oxygen atoms in total. The first-order chi connectivity index (χ1) is 16.2. The highest BCUT2D eigenvalue weighted by Gasteiger charge is 2.28. The molecule has 1 atom stereocenters. The minimum Gasteiger partial charge on any atom is -0.493 e. The molecule has 2 heterocycles. The number of ether oxygens (including phenoxy) is 2. The Morgan fingerprint density at radius 2 is 1.85 bits per heavy atom. The number of methoxy groups -OCH3 is 1. The highest BCUT2D eigenvalue weighted by Crippen LogP contribution is 2.43. The Morgan fingerprint density at radius 3 is 2.67 bits per heavy atom. The highest BCUT2D eigenvalue weighted by molar-refractivity contribution is 6.02. The van der Waals surface area contributed by atoms with E-state index in [0.717, 1.165) is 11.3 Å². The molecule has 0 saturated heterocycles. The second-order valence-corrected chi connectivity index (χ2v) is 8.65. The van der Waals surface area contributed by atoms with Crippen molar-refractivity contribution in [2.75, 3.05) is 19.0 Å². The molecule has 2 amide bonds. The lowest BCUT2D eigenvalue weighted by Crippen LogP contribution is -2.35. The van der Waals surface area contributed by atoms with Crippen LogP contribution in [0.4, 0.5) is 15.3 Å². The van der Waals surface area contributed by atoms with Crippen LogP contribution in [-0.4, -0.2) is 35.6 Å². The third kappa shape index (κ3) is 4.13. The number of rotatable bonds is 3. The Balaban J connectivity index is 1.35. The molecule has 33 heavy (non-hydrogen) atoms. The average molecular weight is 449 g/mol. The minimum atomic E-state index is -0.584. The maximum atomic E-state index is 12.9. The van der Waals surface area contributed by atoms with Gasteiger partial charge in [0.1, 0.15) is 5.75 Å². The summed E-state index contributed by atoms with van der Waals surface area (Å²) in [5.41, 5.74) is 3.45. The number of benzene rings is 2. The second-order valence-electron chi connectivity index (χ2n) is 8.65. The van der Waals surface area contributed by atoms with Gasteiger partial charge in [0.05, 0.1) is 37.2 Å². The van der Waals surface area contributed by atoms with Gasteiger partial charge in [0.25, 0.3) is 0 Å². The average Bonchev–Trinajstić information content (AvgIpc) is 3.29. The predicted octanol–water partition coefficient (Wildman–Crippen LogP) is 5.34. The van der Waals surface area contributed by atoms with Crippen molar-refractivity contribution in [3.63, 3.8) is 0 Å². The number of nitrogens with one attached hydrogen (secondary N) is 2. The Kier molecular flexibility index (Phi) is 5.90. The molecule has 2 N–H and O–H groups in total. The third-order valence-electron chi connectivity index (χ3n) is 6.66. The summed E-state index contributed by atoms with van der Waals surface area (Å²) >= 11 is 0. The van der Waals surface area contributed by atoms with Crippen molar-refractivity contribution in [1.82, 2.24) is 15.1 Å². The zero-order valence-corrected chi connectivity index (χ0v) is 18.7. The van der Waals surface area contributed by atoms with Crippen LogP contribution in [0.5, 0.6) is 5.75 Å². The summed E-state index contributed by atoms with van der Waals surface area (Å²) in [4.78, 5) is 24.8. The van der Waals surface area contributed by atoms with Crippen LogP contribution in [0.3, 0.4) is 0 Å². The van der Waals surface area contributed by atoms with Gasteiger partial charge in [-0.15, -0.1) is 0 Å². The van der Waals surface area contributed by atoms with Crippen LogP contribution < -0.4 is 15.4 Å². The molecule has 0 radical (unpaired) electrons. The van der Waals surface area contributed by atoms with E-state index in [2.05, 4.69) is 27.9 Å². The van der Waals surface area contributed by atoms with Crippen LogP contribution in [-0.2, 0) is 4.74 Å². The molecule has 1 aromatic heterocycles. The first-order valence-corrected chi connectivity index (χ1v) is 11.5. The standard InChI is InChI=1S/C25H28N4O4/c1-32-25(31)29-22-12-6-11-20(19(22)15-26-29)27-24(30)28-21-13-14-33-23-17(9-5-10-18(21)23)16-7-3-2-4-8-16/h5-6,9-12,15-16,21H,2-4,7-8,13-14H2,1H3,(H2,27,28,30). The van der Waals surface area contributed by atoms with E-state index in [1.165, 1.54) is 49.5 Å². The molecule has 1 aliphatic heterocycles. The van der Waals surface area contributed by atoms with E-state index >= 15 is 0 Å². The summed E-state index contributed by atoms with van der Waals surface area (Å²) in [6.07, 6.45) is 7.89. The lowest BCUT2D eigenvalue weighted by Gasteiger charge is -2.31. The molecule has 1 fully saturated rings. The number of carbonyl (C=O) groups is 2. The largest absolute Gasteiger partial charge is 0.493 e. The molecule has 8 heteroatoms. The number of hydrogen-bond donors (Lipinski definition) is 2. The fourth-order valence-corrected chi connectivity index (χ4v) is 5.04. The highest BCUT2D eigenvalue weighted by atomic mass is 16.5. The van der Waals surface area contributed by atoms with Crippen LogP contribution >= 0.6 is 0 Å². The van der Waals surface area contributed by atoms with Crippen LogP contribution in [0.25, 0.3) is 10.9 Å². The Labute approximate surface area is 192 Å². The predicted molar refractivity (Wildman–Crippen MR) is 125 cm³/mol. The van der Waals surface area contributed by atoms with Crippen LogP contribution in [0, 0.1) is 0 Å². The van der Waals surface area contributed by atoms with E-state index < -0.39 is 6.09 Å². The second kappa shape index (κ2) is 9.13. The maximum absolute atomic E-state index is 12.9. The monoisotopic (exact) mass is 448 g/mol. The molecule has 3 aromatic rings. The van der Waals surface area contributed by atoms with Gasteiger partial charge in [0, 0.05) is 17.4 Å². The lowest BCUT2D eigenvalue weighted by atomic mass is 9.82. The SMILES string of the molecule is COC(=O)n1ncc2c(NC(=O)NC3CCOc4c(C5CCCCC5)cccc43)cccc21. The van der Waals surface area contributed by atoms with Crippen LogP contribution in [0.1, 0.15) is 61.6 Å². The number of hydrogen-bond acceptors (Lipinski definition) is 5. The van der Waals surface area contributed by atoms with Gasteiger partial charge in [0.2, 0.25) is 0 Å². The normalized spacial score (nSPS) is 18.3. The van der Waals surface area contributed by atoms with Gasteiger partial charge in [-0.25, -0.2) is 9.59 Å². The quantitative estimate of drug-likeness (QED) is 0.564. The van der Waals surface area contributed by atoms with E-state index in [4.69, 9.17) is 9.47 Å². The van der Waals surface area contributed by atoms with Crippen molar-refractivity contribution in [1.29, 1.82) is 0 Å². The molecule has 0 spiro atoms. The molecule has 2 aliphatic rings. The fraction of sp³-hybridized carbons (Fsp3) is 0.400. The zero-order chi connectivity index (χ0) is 22.8. The number of nitrogens with zero attached hydrogens (tertiary/aromatic N) is 2. The molecule has 0 bridgehead atoms. The number of fused-ring (bicyclic) bond motifs is 2. The maximum Gasteiger partial charge on any atom is 0.434 e. The zero-order valence-electron chi connectivity index (χ0n) is 18.7. The number of aromatic nitrogens is 2. The van der Waals surface area contributed by atoms with Crippen molar-refractivity contribution in [2.24, 2.45) is 0 Å². The van der Waals surface area contributed by atoms with Gasteiger partial charge in [-0.1, -0.05) is 43.5 Å². The first kappa shape index (κ1) is 21.3. The van der Waals surface area contributed by atoms with Gasteiger partial charge in [0.15, 0.2) is 0 Å². The number of urea groups is 1. The third-order valence-corrected chi connectivity index (χ3v) is 6.66. The van der Waals surface area contributed by atoms with E-state index in [1.54, 1.807) is 24.4 Å². The molecule has 1 saturated carbocycles. The molecule has 2 aromatic carbocycles. The molecule has 172 valence electrons. The molecule has 1 aliphatic carbocycles. The summed E-state index contributed by atoms with van der Waals surface area (Å²) < 4.78 is 12.0. The Hall–Kier alpha value is -3.55. The Bertz CT molecular complexity index is 1180.